The maximum absolute atomic E-state index is 13.5. The van der Waals surface area contributed by atoms with Crippen molar-refractivity contribution in [2.75, 3.05) is 7.11 Å². The van der Waals surface area contributed by atoms with E-state index in [1.807, 2.05) is 58.0 Å². The minimum atomic E-state index is -1.01. The van der Waals surface area contributed by atoms with Gasteiger partial charge in [0.15, 0.2) is 0 Å². The second-order valence-electron chi connectivity index (χ2n) is 12.5. The molecule has 264 valence electrons. The van der Waals surface area contributed by atoms with Crippen molar-refractivity contribution in [2.45, 2.75) is 118 Å². The number of carbonyl (C=O) groups excluding carboxylic acids is 6. The molecule has 0 aromatic heterocycles. The van der Waals surface area contributed by atoms with E-state index in [2.05, 4.69) is 26.6 Å². The predicted molar refractivity (Wildman–Crippen MR) is 178 cm³/mol. The van der Waals surface area contributed by atoms with E-state index < -0.39 is 65.9 Å². The van der Waals surface area contributed by atoms with Crippen LogP contribution in [-0.2, 0) is 40.1 Å². The number of amides is 5. The van der Waals surface area contributed by atoms with Crippen molar-refractivity contribution in [1.82, 2.24) is 26.6 Å². The molecule has 1 rings (SSSR count). The fourth-order valence-electron chi connectivity index (χ4n) is 4.69. The normalized spacial score (nSPS) is 14.9. The summed E-state index contributed by atoms with van der Waals surface area (Å²) in [4.78, 5) is 77.9. The Labute approximate surface area is 279 Å². The Morgan fingerprint density at radius 1 is 0.638 bits per heavy atom. The van der Waals surface area contributed by atoms with Crippen molar-refractivity contribution in [3.8, 4) is 0 Å². The highest BCUT2D eigenvalue weighted by Gasteiger charge is 2.33. The van der Waals surface area contributed by atoms with Crippen molar-refractivity contribution in [1.29, 1.82) is 0 Å². The molecule has 0 radical (unpaired) electrons. The van der Waals surface area contributed by atoms with Crippen molar-refractivity contribution >= 4 is 35.7 Å². The third-order valence-corrected chi connectivity index (χ3v) is 7.82. The molecule has 1 unspecified atom stereocenters. The molecule has 47 heavy (non-hydrogen) atoms. The lowest BCUT2D eigenvalue weighted by atomic mass is 9.98. The van der Waals surface area contributed by atoms with Gasteiger partial charge in [0.25, 0.3) is 0 Å². The molecule has 0 aliphatic heterocycles. The van der Waals surface area contributed by atoms with E-state index in [0.29, 0.717) is 6.42 Å². The number of hydrogen-bond acceptors (Lipinski definition) is 8. The molecule has 0 aliphatic rings. The molecule has 13 nitrogen and oxygen atoms in total. The monoisotopic (exact) mass is 661 g/mol. The number of esters is 1. The second kappa shape index (κ2) is 20.9. The van der Waals surface area contributed by atoms with Gasteiger partial charge in [-0.2, -0.15) is 0 Å². The van der Waals surface area contributed by atoms with Crippen LogP contribution in [0, 0.1) is 17.8 Å². The molecular weight excluding hydrogens is 606 g/mol. The minimum absolute atomic E-state index is 0.00249. The van der Waals surface area contributed by atoms with Gasteiger partial charge in [0.2, 0.25) is 23.6 Å². The summed E-state index contributed by atoms with van der Waals surface area (Å²) in [6.07, 6.45) is 0.558. The third kappa shape index (κ3) is 14.0. The summed E-state index contributed by atoms with van der Waals surface area (Å²) < 4.78 is 10.1. The van der Waals surface area contributed by atoms with Crippen LogP contribution in [0.25, 0.3) is 0 Å². The maximum Gasteiger partial charge on any atom is 0.408 e. The predicted octanol–water partition coefficient (Wildman–Crippen LogP) is 2.96. The quantitative estimate of drug-likeness (QED) is 0.140. The number of benzene rings is 1. The van der Waals surface area contributed by atoms with Gasteiger partial charge < -0.3 is 36.1 Å². The highest BCUT2D eigenvalue weighted by atomic mass is 16.5. The molecule has 0 fully saturated rings. The number of alkyl carbamates (subject to hydrolysis) is 1. The van der Waals surface area contributed by atoms with Gasteiger partial charge in [0.05, 0.1) is 7.11 Å². The van der Waals surface area contributed by atoms with Crippen LogP contribution in [0.15, 0.2) is 30.3 Å². The van der Waals surface area contributed by atoms with Gasteiger partial charge in [-0.1, -0.05) is 92.1 Å². The largest absolute Gasteiger partial charge is 0.467 e. The molecule has 1 aromatic carbocycles. The van der Waals surface area contributed by atoms with Crippen LogP contribution in [0.4, 0.5) is 4.79 Å². The van der Waals surface area contributed by atoms with Gasteiger partial charge in [-0.15, -0.1) is 0 Å². The molecule has 5 N–H and O–H groups in total. The molecule has 0 saturated heterocycles. The third-order valence-electron chi connectivity index (χ3n) is 7.82. The Bertz CT molecular complexity index is 1180. The first-order valence-electron chi connectivity index (χ1n) is 16.4. The van der Waals surface area contributed by atoms with Gasteiger partial charge in [-0.3, -0.25) is 19.2 Å². The Morgan fingerprint density at radius 3 is 1.62 bits per heavy atom. The number of nitrogens with one attached hydrogen (secondary N) is 5. The number of carbonyl (C=O) groups is 6. The van der Waals surface area contributed by atoms with Crippen molar-refractivity contribution in [3.05, 3.63) is 35.9 Å². The van der Waals surface area contributed by atoms with Crippen molar-refractivity contribution in [3.63, 3.8) is 0 Å². The van der Waals surface area contributed by atoms with Gasteiger partial charge in [0.1, 0.15) is 36.8 Å². The SMILES string of the molecule is CCC(NC(=O)[C@H](CC(C)C)NC(=O)[C@@H](NC(=O)OCc1ccccc1)C(C)C)C(=O)N[C@@H](CC)C(=O)N[C@H](C(=O)OC)[C@@H](C)CC. The summed E-state index contributed by atoms with van der Waals surface area (Å²) in [6, 6.07) is 4.28. The Kier molecular flexibility index (Phi) is 18.1. The van der Waals surface area contributed by atoms with Crippen LogP contribution < -0.4 is 26.6 Å². The molecule has 0 heterocycles. The van der Waals surface area contributed by atoms with Crippen LogP contribution >= 0.6 is 0 Å². The lowest BCUT2D eigenvalue weighted by Gasteiger charge is -2.28. The lowest BCUT2D eigenvalue weighted by molar-refractivity contribution is -0.147. The summed E-state index contributed by atoms with van der Waals surface area (Å²) >= 11 is 0. The summed E-state index contributed by atoms with van der Waals surface area (Å²) in [5, 5.41) is 13.4. The van der Waals surface area contributed by atoms with E-state index in [0.717, 1.165) is 5.56 Å². The van der Waals surface area contributed by atoms with Crippen LogP contribution in [0.3, 0.4) is 0 Å². The van der Waals surface area contributed by atoms with E-state index >= 15 is 0 Å². The first kappa shape index (κ1) is 40.9. The molecule has 1 aromatic rings. The number of methoxy groups -OCH3 is 1. The fraction of sp³-hybridized carbons (Fsp3) is 0.647. The number of hydrogen-bond donors (Lipinski definition) is 5. The van der Waals surface area contributed by atoms with E-state index in [9.17, 15) is 28.8 Å². The summed E-state index contributed by atoms with van der Waals surface area (Å²) in [7, 11) is 1.24. The molecule has 0 saturated carbocycles. The van der Waals surface area contributed by atoms with Gasteiger partial charge >= 0.3 is 12.1 Å². The number of ether oxygens (including phenoxy) is 2. The Morgan fingerprint density at radius 2 is 1.15 bits per heavy atom. The van der Waals surface area contributed by atoms with Crippen LogP contribution in [-0.4, -0.2) is 73.0 Å². The average molecular weight is 662 g/mol. The lowest BCUT2D eigenvalue weighted by Crippen LogP contribution is -2.59. The molecular formula is C34H55N5O8. The smallest absolute Gasteiger partial charge is 0.408 e. The van der Waals surface area contributed by atoms with Gasteiger partial charge in [-0.05, 0) is 42.6 Å². The first-order valence-corrected chi connectivity index (χ1v) is 16.4. The Hall–Kier alpha value is -4.16. The maximum atomic E-state index is 13.5. The molecule has 5 amide bonds. The zero-order chi connectivity index (χ0) is 35.7. The highest BCUT2D eigenvalue weighted by molar-refractivity contribution is 5.96. The molecule has 6 atom stereocenters. The standard InChI is InChI=1S/C34H55N5O8/c1-10-22(8)28(33(44)46-9)38-30(41)25(12-3)35-29(40)24(11-2)36-31(42)26(18-20(4)5)37-32(43)27(21(6)7)39-34(45)47-19-23-16-14-13-15-17-23/h13-17,20-22,24-28H,10-12,18-19H2,1-9H3,(H,35,40)(H,36,42)(H,37,43)(H,38,41)(H,39,45)/t22-,24?,25-,26-,27-,28-/m0/s1. The zero-order valence-corrected chi connectivity index (χ0v) is 29.3. The van der Waals surface area contributed by atoms with Crippen LogP contribution in [0.5, 0.6) is 0 Å². The highest BCUT2D eigenvalue weighted by Crippen LogP contribution is 2.12. The van der Waals surface area contributed by atoms with E-state index in [-0.39, 0.29) is 43.6 Å². The molecule has 0 aliphatic carbocycles. The molecule has 0 bridgehead atoms. The topological polar surface area (TPSA) is 181 Å². The van der Waals surface area contributed by atoms with E-state index in [1.54, 1.807) is 27.7 Å². The average Bonchev–Trinajstić information content (AvgIpc) is 3.04. The van der Waals surface area contributed by atoms with E-state index in [4.69, 9.17) is 9.47 Å². The second-order valence-corrected chi connectivity index (χ2v) is 12.5. The van der Waals surface area contributed by atoms with E-state index in [1.165, 1.54) is 7.11 Å². The van der Waals surface area contributed by atoms with Gasteiger partial charge in [-0.25, -0.2) is 9.59 Å². The number of rotatable bonds is 19. The van der Waals surface area contributed by atoms with Crippen molar-refractivity contribution in [2.24, 2.45) is 17.8 Å². The molecule has 13 heteroatoms. The molecule has 0 spiro atoms. The summed E-state index contributed by atoms with van der Waals surface area (Å²) in [5.41, 5.74) is 0.791. The summed E-state index contributed by atoms with van der Waals surface area (Å²) in [5.74, 6) is -3.38. The minimum Gasteiger partial charge on any atom is -0.467 e. The summed E-state index contributed by atoms with van der Waals surface area (Å²) in [6.45, 7) is 14.4. The van der Waals surface area contributed by atoms with Gasteiger partial charge in [0, 0.05) is 0 Å². The first-order chi connectivity index (χ1) is 22.2. The Balaban J connectivity index is 2.96. The van der Waals surface area contributed by atoms with Crippen molar-refractivity contribution < 1.29 is 38.2 Å². The fourth-order valence-corrected chi connectivity index (χ4v) is 4.69. The van der Waals surface area contributed by atoms with Crippen LogP contribution in [0.2, 0.25) is 0 Å². The van der Waals surface area contributed by atoms with Crippen LogP contribution in [0.1, 0.15) is 86.6 Å². The zero-order valence-electron chi connectivity index (χ0n) is 29.3.